The molecule has 7 heteroatoms. The van der Waals surface area contributed by atoms with E-state index in [-0.39, 0.29) is 0 Å². The Morgan fingerprint density at radius 1 is 1.28 bits per heavy atom. The second-order valence-corrected chi connectivity index (χ2v) is 6.73. The number of aromatic nitrogens is 2. The molecule has 0 radical (unpaired) electrons. The zero-order valence-corrected chi connectivity index (χ0v) is 15.2. The number of hydrogen-bond acceptors (Lipinski definition) is 6. The minimum absolute atomic E-state index is 0.373. The van der Waals surface area contributed by atoms with Crippen LogP contribution in [0.25, 0.3) is 0 Å². The number of nitrogens with zero attached hydrogens (tertiary/aromatic N) is 5. The lowest BCUT2D eigenvalue weighted by Gasteiger charge is -2.34. The summed E-state index contributed by atoms with van der Waals surface area (Å²) in [6.45, 7) is 1.82. The zero-order valence-electron chi connectivity index (χ0n) is 14.4. The average molecular weight is 357 g/mol. The van der Waals surface area contributed by atoms with Crippen molar-refractivity contribution in [2.75, 3.05) is 42.3 Å². The molecule has 1 saturated heterocycles. The largest absolute Gasteiger partial charge is 0.370 e. The minimum Gasteiger partial charge on any atom is -0.370 e. The van der Waals surface area contributed by atoms with Crippen molar-refractivity contribution in [3.8, 4) is 6.07 Å². The summed E-state index contributed by atoms with van der Waals surface area (Å²) >= 11 is 6.32. The predicted molar refractivity (Wildman–Crippen MR) is 101 cm³/mol. The van der Waals surface area contributed by atoms with Gasteiger partial charge in [0, 0.05) is 39.4 Å². The minimum atomic E-state index is 0.373. The van der Waals surface area contributed by atoms with Crippen molar-refractivity contribution >= 4 is 29.1 Å². The van der Waals surface area contributed by atoms with Gasteiger partial charge in [0.15, 0.2) is 0 Å². The van der Waals surface area contributed by atoms with E-state index in [2.05, 4.69) is 26.3 Å². The maximum atomic E-state index is 8.95. The molecule has 1 aromatic carbocycles. The molecular formula is C18H21ClN6. The van der Waals surface area contributed by atoms with E-state index in [0.29, 0.717) is 22.6 Å². The smallest absolute Gasteiger partial charge is 0.226 e. The lowest BCUT2D eigenvalue weighted by Crippen LogP contribution is -2.39. The molecule has 0 spiro atoms. The first-order valence-corrected chi connectivity index (χ1v) is 8.66. The van der Waals surface area contributed by atoms with Crippen LogP contribution < -0.4 is 15.1 Å². The Morgan fingerprint density at radius 3 is 2.68 bits per heavy atom. The Balaban J connectivity index is 1.61. The number of nitrogens with one attached hydrogen (secondary N) is 1. The molecule has 25 heavy (non-hydrogen) atoms. The molecule has 0 saturated carbocycles. The van der Waals surface area contributed by atoms with Gasteiger partial charge in [0.25, 0.3) is 0 Å². The first kappa shape index (κ1) is 17.3. The monoisotopic (exact) mass is 356 g/mol. The fourth-order valence-electron chi connectivity index (χ4n) is 2.95. The van der Waals surface area contributed by atoms with Crippen LogP contribution in [0.3, 0.4) is 0 Å². The van der Waals surface area contributed by atoms with Crippen LogP contribution in [0.4, 0.5) is 17.5 Å². The molecule has 6 nitrogen and oxygen atoms in total. The van der Waals surface area contributed by atoms with E-state index in [1.165, 1.54) is 0 Å². The molecule has 0 unspecified atom stereocenters. The van der Waals surface area contributed by atoms with Crippen molar-refractivity contribution in [2.45, 2.75) is 18.9 Å². The highest BCUT2D eigenvalue weighted by Crippen LogP contribution is 2.29. The van der Waals surface area contributed by atoms with Gasteiger partial charge in [-0.25, -0.2) is 4.98 Å². The summed E-state index contributed by atoms with van der Waals surface area (Å²) in [6, 6.07) is 9.86. The zero-order chi connectivity index (χ0) is 17.8. The van der Waals surface area contributed by atoms with Gasteiger partial charge in [-0.05, 0) is 37.1 Å². The van der Waals surface area contributed by atoms with Gasteiger partial charge in [-0.15, -0.1) is 0 Å². The van der Waals surface area contributed by atoms with Crippen LogP contribution in [0.1, 0.15) is 18.4 Å². The van der Waals surface area contributed by atoms with Crippen LogP contribution in [0.2, 0.25) is 5.02 Å². The standard InChI is InChI=1S/C18H21ClN6/c1-24(2)18-21-8-5-17(23-18)22-14-6-9-25(10-7-14)16-4-3-13(12-20)11-15(16)19/h3-5,8,11,14H,6-7,9-10H2,1-2H3,(H,21,22,23). The van der Waals surface area contributed by atoms with E-state index in [0.717, 1.165) is 37.4 Å². The molecule has 2 heterocycles. The molecule has 1 aliphatic rings. The van der Waals surface area contributed by atoms with Crippen LogP contribution in [0.5, 0.6) is 0 Å². The van der Waals surface area contributed by atoms with E-state index in [4.69, 9.17) is 16.9 Å². The number of nitriles is 1. The van der Waals surface area contributed by atoms with Gasteiger partial charge >= 0.3 is 0 Å². The Kier molecular flexibility index (Phi) is 5.25. The molecule has 0 atom stereocenters. The van der Waals surface area contributed by atoms with Gasteiger partial charge in [0.05, 0.1) is 22.3 Å². The summed E-state index contributed by atoms with van der Waals surface area (Å²) < 4.78 is 0. The van der Waals surface area contributed by atoms with Crippen LogP contribution in [0, 0.1) is 11.3 Å². The molecular weight excluding hydrogens is 336 g/mol. The first-order valence-electron chi connectivity index (χ1n) is 8.28. The Morgan fingerprint density at radius 2 is 2.04 bits per heavy atom. The number of piperidine rings is 1. The molecule has 1 aliphatic heterocycles. The highest BCUT2D eigenvalue weighted by molar-refractivity contribution is 6.33. The number of halogens is 1. The molecule has 1 aromatic heterocycles. The third-order valence-corrected chi connectivity index (χ3v) is 4.61. The lowest BCUT2D eigenvalue weighted by atomic mass is 10.0. The molecule has 2 aromatic rings. The van der Waals surface area contributed by atoms with Crippen LogP contribution in [0.15, 0.2) is 30.5 Å². The second kappa shape index (κ2) is 7.58. The van der Waals surface area contributed by atoms with Crippen molar-refractivity contribution < 1.29 is 0 Å². The Hall–Kier alpha value is -2.52. The predicted octanol–water partition coefficient (Wildman–Crippen LogP) is 3.15. The van der Waals surface area contributed by atoms with Crippen molar-refractivity contribution in [1.82, 2.24) is 9.97 Å². The average Bonchev–Trinajstić information content (AvgIpc) is 2.62. The van der Waals surface area contributed by atoms with Crippen LogP contribution in [-0.4, -0.2) is 43.2 Å². The van der Waals surface area contributed by atoms with Crippen molar-refractivity contribution in [3.05, 3.63) is 41.0 Å². The van der Waals surface area contributed by atoms with Crippen LogP contribution in [-0.2, 0) is 0 Å². The third kappa shape index (κ3) is 4.12. The maximum absolute atomic E-state index is 8.95. The number of rotatable bonds is 4. The number of hydrogen-bond donors (Lipinski definition) is 1. The van der Waals surface area contributed by atoms with Gasteiger partial charge in [-0.3, -0.25) is 0 Å². The summed E-state index contributed by atoms with van der Waals surface area (Å²) in [5.41, 5.74) is 1.59. The topological polar surface area (TPSA) is 68.1 Å². The molecule has 0 bridgehead atoms. The van der Waals surface area contributed by atoms with Gasteiger partial charge in [0.1, 0.15) is 5.82 Å². The fraction of sp³-hybridized carbons (Fsp3) is 0.389. The summed E-state index contributed by atoms with van der Waals surface area (Å²) in [5.74, 6) is 1.56. The van der Waals surface area contributed by atoms with Crippen molar-refractivity contribution in [2.24, 2.45) is 0 Å². The summed E-state index contributed by atoms with van der Waals surface area (Å²) in [7, 11) is 3.86. The first-order chi connectivity index (χ1) is 12.1. The van der Waals surface area contributed by atoms with E-state index >= 15 is 0 Å². The SMILES string of the molecule is CN(C)c1nccc(NC2CCN(c3ccc(C#N)cc3Cl)CC2)n1. The van der Waals surface area contributed by atoms with E-state index < -0.39 is 0 Å². The highest BCUT2D eigenvalue weighted by atomic mass is 35.5. The quantitative estimate of drug-likeness (QED) is 0.907. The van der Waals surface area contributed by atoms with E-state index in [9.17, 15) is 0 Å². The molecule has 3 rings (SSSR count). The van der Waals surface area contributed by atoms with Gasteiger partial charge in [-0.2, -0.15) is 10.2 Å². The lowest BCUT2D eigenvalue weighted by molar-refractivity contribution is 0.525. The maximum Gasteiger partial charge on any atom is 0.226 e. The third-order valence-electron chi connectivity index (χ3n) is 4.31. The van der Waals surface area contributed by atoms with Gasteiger partial charge in [-0.1, -0.05) is 11.6 Å². The summed E-state index contributed by atoms with van der Waals surface area (Å²) in [6.07, 6.45) is 3.77. The van der Waals surface area contributed by atoms with E-state index in [1.807, 2.05) is 37.2 Å². The normalized spacial score (nSPS) is 14.9. The summed E-state index contributed by atoms with van der Waals surface area (Å²) in [5, 5.41) is 13.1. The number of benzene rings is 1. The Bertz CT molecular complexity index is 777. The molecule has 0 aliphatic carbocycles. The van der Waals surface area contributed by atoms with Gasteiger partial charge in [0.2, 0.25) is 5.95 Å². The molecule has 130 valence electrons. The van der Waals surface area contributed by atoms with E-state index in [1.54, 1.807) is 12.3 Å². The number of anilines is 3. The fourth-order valence-corrected chi connectivity index (χ4v) is 3.25. The summed E-state index contributed by atoms with van der Waals surface area (Å²) in [4.78, 5) is 12.9. The van der Waals surface area contributed by atoms with Crippen LogP contribution >= 0.6 is 11.6 Å². The Labute approximate surface area is 153 Å². The van der Waals surface area contributed by atoms with Crippen molar-refractivity contribution in [3.63, 3.8) is 0 Å². The highest BCUT2D eigenvalue weighted by Gasteiger charge is 2.21. The van der Waals surface area contributed by atoms with Gasteiger partial charge < -0.3 is 15.1 Å². The molecule has 1 N–H and O–H groups in total. The molecule has 0 amide bonds. The molecule has 1 fully saturated rings. The second-order valence-electron chi connectivity index (χ2n) is 6.32. The van der Waals surface area contributed by atoms with Crippen molar-refractivity contribution in [1.29, 1.82) is 5.26 Å².